The highest BCUT2D eigenvalue weighted by atomic mass is 19.3. The Morgan fingerprint density at radius 2 is 2.09 bits per heavy atom. The van der Waals surface area contributed by atoms with Crippen LogP contribution in [-0.2, 0) is 4.79 Å². The maximum atomic E-state index is 14.5. The number of amides is 1. The van der Waals surface area contributed by atoms with Gasteiger partial charge in [-0.25, -0.2) is 17.9 Å². The van der Waals surface area contributed by atoms with Crippen LogP contribution in [0.4, 0.5) is 13.2 Å². The highest BCUT2D eigenvalue weighted by Crippen LogP contribution is 2.29. The van der Waals surface area contributed by atoms with Crippen molar-refractivity contribution in [3.8, 4) is 6.07 Å². The number of amidine groups is 1. The van der Waals surface area contributed by atoms with Crippen LogP contribution in [0.25, 0.3) is 5.70 Å². The van der Waals surface area contributed by atoms with Crippen molar-refractivity contribution in [3.05, 3.63) is 70.9 Å². The van der Waals surface area contributed by atoms with Gasteiger partial charge in [-0.15, -0.1) is 0 Å². The van der Waals surface area contributed by atoms with Gasteiger partial charge in [-0.3, -0.25) is 9.79 Å². The molecule has 2 aliphatic heterocycles. The topological polar surface area (TPSA) is 86.3 Å². The van der Waals surface area contributed by atoms with Gasteiger partial charge in [-0.1, -0.05) is 18.2 Å². The molecule has 32 heavy (non-hydrogen) atoms. The first kappa shape index (κ1) is 21.4. The van der Waals surface area contributed by atoms with Crippen LogP contribution < -0.4 is 5.32 Å². The Hall–Kier alpha value is -3.87. The molecule has 0 unspecified atom stereocenters. The smallest absolute Gasteiger partial charge is 0.266 e. The SMILES string of the molecule is C[C@@H]1CN2C=C(n3cc(C#N)cn3)C=C(C(=O)N[C@H](C)c3cccc(C(F)F)c3F)C2=N1. The molecule has 0 fully saturated rings. The lowest BCUT2D eigenvalue weighted by Crippen LogP contribution is -2.37. The van der Waals surface area contributed by atoms with Gasteiger partial charge in [0.15, 0.2) is 0 Å². The molecule has 0 saturated carbocycles. The monoisotopic (exact) mass is 440 g/mol. The molecule has 10 heteroatoms. The largest absolute Gasteiger partial charge is 0.345 e. The molecule has 1 aromatic carbocycles. The average molecular weight is 440 g/mol. The number of nitriles is 1. The van der Waals surface area contributed by atoms with Gasteiger partial charge < -0.3 is 10.2 Å². The lowest BCUT2D eigenvalue weighted by molar-refractivity contribution is -0.117. The Bertz CT molecular complexity index is 1210. The number of alkyl halides is 2. The van der Waals surface area contributed by atoms with Gasteiger partial charge in [-0.05, 0) is 19.9 Å². The van der Waals surface area contributed by atoms with Crippen LogP contribution in [0.3, 0.4) is 0 Å². The van der Waals surface area contributed by atoms with E-state index in [1.807, 2.05) is 17.9 Å². The maximum absolute atomic E-state index is 14.5. The van der Waals surface area contributed by atoms with E-state index >= 15 is 0 Å². The van der Waals surface area contributed by atoms with Crippen molar-refractivity contribution in [3.63, 3.8) is 0 Å². The minimum absolute atomic E-state index is 0.0346. The number of allylic oxidation sites excluding steroid dienone is 2. The third-order valence-electron chi connectivity index (χ3n) is 5.23. The van der Waals surface area contributed by atoms with Crippen molar-refractivity contribution in [2.45, 2.75) is 32.4 Å². The third kappa shape index (κ3) is 3.89. The fourth-order valence-corrected chi connectivity index (χ4v) is 3.68. The van der Waals surface area contributed by atoms with Crippen LogP contribution in [0.1, 0.15) is 43.0 Å². The molecule has 0 radical (unpaired) electrons. The number of rotatable bonds is 5. The van der Waals surface area contributed by atoms with E-state index in [2.05, 4.69) is 15.4 Å². The first-order chi connectivity index (χ1) is 15.3. The Morgan fingerprint density at radius 1 is 1.34 bits per heavy atom. The lowest BCUT2D eigenvalue weighted by Gasteiger charge is -2.25. The molecular weight excluding hydrogens is 421 g/mol. The van der Waals surface area contributed by atoms with Crippen molar-refractivity contribution < 1.29 is 18.0 Å². The van der Waals surface area contributed by atoms with Crippen LogP contribution in [-0.4, -0.2) is 39.0 Å². The van der Waals surface area contributed by atoms with Gasteiger partial charge in [0, 0.05) is 24.5 Å². The molecule has 2 aliphatic rings. The van der Waals surface area contributed by atoms with Gasteiger partial charge in [0.2, 0.25) is 0 Å². The number of carbonyl (C=O) groups is 1. The van der Waals surface area contributed by atoms with Gasteiger partial charge in [0.1, 0.15) is 17.7 Å². The fourth-order valence-electron chi connectivity index (χ4n) is 3.68. The average Bonchev–Trinajstić information content (AvgIpc) is 3.38. The van der Waals surface area contributed by atoms with Crippen LogP contribution in [0, 0.1) is 17.1 Å². The summed E-state index contributed by atoms with van der Waals surface area (Å²) >= 11 is 0. The molecule has 0 saturated heterocycles. The third-order valence-corrected chi connectivity index (χ3v) is 5.23. The van der Waals surface area contributed by atoms with Crippen LogP contribution in [0.5, 0.6) is 0 Å². The molecule has 4 rings (SSSR count). The number of hydrogen-bond acceptors (Lipinski definition) is 5. The zero-order valence-corrected chi connectivity index (χ0v) is 17.3. The number of nitrogens with zero attached hydrogens (tertiary/aromatic N) is 5. The first-order valence-corrected chi connectivity index (χ1v) is 9.89. The second kappa shape index (κ2) is 8.34. The summed E-state index contributed by atoms with van der Waals surface area (Å²) in [5.41, 5.74) is 0.398. The number of fused-ring (bicyclic) bond motifs is 1. The Balaban J connectivity index is 1.64. The van der Waals surface area contributed by atoms with Gasteiger partial charge >= 0.3 is 0 Å². The molecule has 0 spiro atoms. The van der Waals surface area contributed by atoms with Crippen LogP contribution >= 0.6 is 0 Å². The predicted octanol–water partition coefficient (Wildman–Crippen LogP) is 3.55. The molecule has 2 aromatic rings. The number of aromatic nitrogens is 2. The number of carbonyl (C=O) groups excluding carboxylic acids is 1. The molecule has 0 bridgehead atoms. The molecule has 0 aliphatic carbocycles. The van der Waals surface area contributed by atoms with Gasteiger partial charge in [-0.2, -0.15) is 10.4 Å². The number of benzene rings is 1. The molecule has 7 nitrogen and oxygen atoms in total. The van der Waals surface area contributed by atoms with E-state index in [1.54, 1.807) is 12.3 Å². The first-order valence-electron chi connectivity index (χ1n) is 9.89. The standard InChI is InChI=1S/C22H19F3N6O/c1-12-9-30-11-15(31-10-14(7-26)8-27-31)6-18(21(30)28-12)22(32)29-13(2)16-4-3-5-17(19(16)23)20(24)25/h3-6,8,10-13,20H,9H2,1-2H3,(H,29,32)/t12-,13-/m1/s1. The van der Waals surface area contributed by atoms with Crippen LogP contribution in [0.15, 0.2) is 53.4 Å². The summed E-state index contributed by atoms with van der Waals surface area (Å²) in [5.74, 6) is -1.11. The normalized spacial score (nSPS) is 18.5. The highest BCUT2D eigenvalue weighted by molar-refractivity contribution is 6.23. The minimum Gasteiger partial charge on any atom is -0.345 e. The predicted molar refractivity (Wildman–Crippen MR) is 111 cm³/mol. The van der Waals surface area contributed by atoms with Crippen LogP contribution in [0.2, 0.25) is 0 Å². The van der Waals surface area contributed by atoms with Crippen molar-refractivity contribution >= 4 is 17.4 Å². The van der Waals surface area contributed by atoms with Crippen molar-refractivity contribution in [1.29, 1.82) is 5.26 Å². The lowest BCUT2D eigenvalue weighted by atomic mass is 10.0. The summed E-state index contributed by atoms with van der Waals surface area (Å²) in [6, 6.07) is 4.80. The second-order valence-electron chi connectivity index (χ2n) is 7.60. The zero-order valence-electron chi connectivity index (χ0n) is 17.3. The Morgan fingerprint density at radius 3 is 2.78 bits per heavy atom. The van der Waals surface area contributed by atoms with Gasteiger partial charge in [0.25, 0.3) is 12.3 Å². The Labute approximate surface area is 182 Å². The van der Waals surface area contributed by atoms with Crippen molar-refractivity contribution in [1.82, 2.24) is 20.0 Å². The van der Waals surface area contributed by atoms with E-state index in [1.165, 1.54) is 36.1 Å². The molecule has 164 valence electrons. The van der Waals surface area contributed by atoms with Crippen molar-refractivity contribution in [2.75, 3.05) is 6.54 Å². The van der Waals surface area contributed by atoms with E-state index in [0.29, 0.717) is 23.6 Å². The summed E-state index contributed by atoms with van der Waals surface area (Å²) in [7, 11) is 0. The Kier molecular flexibility index (Phi) is 5.57. The summed E-state index contributed by atoms with van der Waals surface area (Å²) in [5, 5.41) is 15.9. The molecule has 3 heterocycles. The molecular formula is C22H19F3N6O. The summed E-state index contributed by atoms with van der Waals surface area (Å²) in [4.78, 5) is 19.5. The summed E-state index contributed by atoms with van der Waals surface area (Å²) < 4.78 is 42.1. The molecule has 2 atom stereocenters. The quantitative estimate of drug-likeness (QED) is 0.771. The molecule has 1 amide bonds. The number of aliphatic imine (C=N–C) groups is 1. The van der Waals surface area contributed by atoms with E-state index in [0.717, 1.165) is 6.07 Å². The van der Waals surface area contributed by atoms with E-state index in [9.17, 15) is 18.0 Å². The second-order valence-corrected chi connectivity index (χ2v) is 7.60. The maximum Gasteiger partial charge on any atom is 0.266 e. The van der Waals surface area contributed by atoms with E-state index < -0.39 is 29.8 Å². The molecule has 1 N–H and O–H groups in total. The summed E-state index contributed by atoms with van der Waals surface area (Å²) in [6.07, 6.45) is 3.35. The highest BCUT2D eigenvalue weighted by Gasteiger charge is 2.32. The molecule has 1 aromatic heterocycles. The number of nitrogens with one attached hydrogen (secondary N) is 1. The number of halogens is 3. The summed E-state index contributed by atoms with van der Waals surface area (Å²) in [6.45, 7) is 3.98. The minimum atomic E-state index is -2.96. The van der Waals surface area contributed by atoms with Gasteiger partial charge in [0.05, 0.1) is 40.7 Å². The van der Waals surface area contributed by atoms with E-state index in [4.69, 9.17) is 5.26 Å². The van der Waals surface area contributed by atoms with E-state index in [-0.39, 0.29) is 17.2 Å². The number of hydrogen-bond donors (Lipinski definition) is 1. The fraction of sp³-hybridized carbons (Fsp3) is 0.273. The van der Waals surface area contributed by atoms with Crippen molar-refractivity contribution in [2.24, 2.45) is 4.99 Å². The zero-order chi connectivity index (χ0) is 23.0.